The predicted molar refractivity (Wildman–Crippen MR) is 191 cm³/mol. The van der Waals surface area contributed by atoms with Gasteiger partial charge in [-0.05, 0) is 53.9 Å². The second-order valence-electron chi connectivity index (χ2n) is 14.3. The second kappa shape index (κ2) is 13.8. The normalized spacial score (nSPS) is 23.8. The zero-order valence-corrected chi connectivity index (χ0v) is 30.8. The molecule has 0 saturated carbocycles. The third-order valence-corrected chi connectivity index (χ3v) is 15.5. The summed E-state index contributed by atoms with van der Waals surface area (Å²) in [6, 6.07) is 36.9. The maximum Gasteiger partial charge on any atom is 0.297 e. The molecule has 4 atom stereocenters. The molecule has 0 spiro atoms. The van der Waals surface area contributed by atoms with E-state index in [1.165, 1.54) is 0 Å². The molecule has 4 aromatic carbocycles. The number of aryl methyl sites for hydroxylation is 1. The van der Waals surface area contributed by atoms with Crippen LogP contribution in [0.25, 0.3) is 0 Å². The molecule has 260 valence electrons. The Hall–Kier alpha value is -3.19. The lowest BCUT2D eigenvalue weighted by molar-refractivity contribution is -0.255. The summed E-state index contributed by atoms with van der Waals surface area (Å²) in [7, 11) is -7.30. The summed E-state index contributed by atoms with van der Waals surface area (Å²) in [4.78, 5) is 0.0507. The summed E-state index contributed by atoms with van der Waals surface area (Å²) in [6.45, 7) is 11.9. The molecule has 10 heteroatoms. The molecular weight excluding hydrogens is 657 g/mol. The standard InChI is InChI=1S/C39H46O8SSi/c1-29-22-24-31(25-23-29)48(40,41)43-27-39(35(42-26-30-16-10-7-11-17-30)34-36(47-39)46-38(5,6)45-34)28-44-49(37(2,3)4,32-18-12-8-13-19-32)33-20-14-9-15-21-33/h7-25,34-36H,26-28H2,1-6H3. The lowest BCUT2D eigenvalue weighted by Crippen LogP contribution is -2.68. The van der Waals surface area contributed by atoms with Crippen molar-refractivity contribution in [3.05, 3.63) is 126 Å². The molecule has 2 saturated heterocycles. The maximum absolute atomic E-state index is 13.7. The van der Waals surface area contributed by atoms with Crippen molar-refractivity contribution >= 4 is 28.8 Å². The fourth-order valence-electron chi connectivity index (χ4n) is 6.87. The maximum atomic E-state index is 13.7. The van der Waals surface area contributed by atoms with Crippen molar-refractivity contribution in [1.82, 2.24) is 0 Å². The third kappa shape index (κ3) is 7.33. The first-order chi connectivity index (χ1) is 23.2. The highest BCUT2D eigenvalue weighted by molar-refractivity contribution is 7.86. The van der Waals surface area contributed by atoms with Crippen molar-refractivity contribution < 1.29 is 36.0 Å². The van der Waals surface area contributed by atoms with Crippen molar-refractivity contribution in [2.24, 2.45) is 0 Å². The van der Waals surface area contributed by atoms with Gasteiger partial charge in [-0.2, -0.15) is 8.42 Å². The van der Waals surface area contributed by atoms with Crippen LogP contribution in [0.3, 0.4) is 0 Å². The van der Waals surface area contributed by atoms with Crippen LogP contribution in [0.2, 0.25) is 5.04 Å². The van der Waals surface area contributed by atoms with Gasteiger partial charge in [-0.3, -0.25) is 4.18 Å². The topological polar surface area (TPSA) is 89.5 Å². The number of rotatable bonds is 12. The van der Waals surface area contributed by atoms with Crippen LogP contribution in [0.15, 0.2) is 120 Å². The molecule has 0 bridgehead atoms. The van der Waals surface area contributed by atoms with Gasteiger partial charge in [0.25, 0.3) is 18.4 Å². The van der Waals surface area contributed by atoms with E-state index >= 15 is 0 Å². The highest BCUT2D eigenvalue weighted by atomic mass is 32.2. The highest BCUT2D eigenvalue weighted by Crippen LogP contribution is 2.46. The molecule has 0 aromatic heterocycles. The van der Waals surface area contributed by atoms with Crippen LogP contribution in [0.5, 0.6) is 0 Å². The van der Waals surface area contributed by atoms with Crippen LogP contribution in [-0.4, -0.2) is 59.8 Å². The Labute approximate surface area is 291 Å². The molecule has 4 aromatic rings. The van der Waals surface area contributed by atoms with E-state index in [1.54, 1.807) is 24.3 Å². The minimum Gasteiger partial charge on any atom is -0.404 e. The summed E-state index contributed by atoms with van der Waals surface area (Å²) < 4.78 is 66.7. The summed E-state index contributed by atoms with van der Waals surface area (Å²) in [5, 5.41) is 1.80. The van der Waals surface area contributed by atoms with Crippen molar-refractivity contribution in [3.8, 4) is 0 Å². The largest absolute Gasteiger partial charge is 0.404 e. The van der Waals surface area contributed by atoms with E-state index in [9.17, 15) is 8.42 Å². The minimum atomic E-state index is -4.19. The molecule has 49 heavy (non-hydrogen) atoms. The Bertz CT molecular complexity index is 1760. The molecule has 2 aliphatic rings. The van der Waals surface area contributed by atoms with Gasteiger partial charge < -0.3 is 23.4 Å². The van der Waals surface area contributed by atoms with Crippen molar-refractivity contribution in [2.75, 3.05) is 13.2 Å². The Morgan fingerprint density at radius 3 is 1.84 bits per heavy atom. The number of hydrogen-bond acceptors (Lipinski definition) is 8. The van der Waals surface area contributed by atoms with Crippen molar-refractivity contribution in [1.29, 1.82) is 0 Å². The first kappa shape index (κ1) is 35.6. The molecular formula is C39H46O8SSi. The highest BCUT2D eigenvalue weighted by Gasteiger charge is 2.64. The first-order valence-electron chi connectivity index (χ1n) is 16.6. The van der Waals surface area contributed by atoms with Crippen LogP contribution in [0, 0.1) is 6.92 Å². The van der Waals surface area contributed by atoms with Gasteiger partial charge in [0, 0.05) is 0 Å². The van der Waals surface area contributed by atoms with E-state index in [2.05, 4.69) is 45.0 Å². The smallest absolute Gasteiger partial charge is 0.297 e. The summed E-state index contributed by atoms with van der Waals surface area (Å²) in [5.41, 5.74) is 0.442. The van der Waals surface area contributed by atoms with Gasteiger partial charge in [0.1, 0.15) is 24.4 Å². The summed E-state index contributed by atoms with van der Waals surface area (Å²) >= 11 is 0. The van der Waals surface area contributed by atoms with Gasteiger partial charge in [-0.25, -0.2) is 0 Å². The van der Waals surface area contributed by atoms with Gasteiger partial charge in [-0.1, -0.05) is 129 Å². The van der Waals surface area contributed by atoms with E-state index in [1.807, 2.05) is 87.5 Å². The second-order valence-corrected chi connectivity index (χ2v) is 20.3. The van der Waals surface area contributed by atoms with Gasteiger partial charge in [0.05, 0.1) is 18.1 Å². The van der Waals surface area contributed by atoms with Crippen LogP contribution in [-0.2, 0) is 44.3 Å². The van der Waals surface area contributed by atoms with Crippen LogP contribution in [0.1, 0.15) is 45.7 Å². The fourth-order valence-corrected chi connectivity index (χ4v) is 12.5. The first-order valence-corrected chi connectivity index (χ1v) is 20.0. The lowest BCUT2D eigenvalue weighted by atomic mass is 9.97. The van der Waals surface area contributed by atoms with Crippen LogP contribution >= 0.6 is 0 Å². The monoisotopic (exact) mass is 702 g/mol. The molecule has 8 nitrogen and oxygen atoms in total. The number of hydrogen-bond donors (Lipinski definition) is 0. The summed E-state index contributed by atoms with van der Waals surface area (Å²) in [6.07, 6.45) is -2.33. The lowest BCUT2D eigenvalue weighted by Gasteiger charge is -2.46. The number of benzene rings is 4. The van der Waals surface area contributed by atoms with E-state index in [0.717, 1.165) is 21.5 Å². The fraction of sp³-hybridized carbons (Fsp3) is 0.385. The average molecular weight is 703 g/mol. The van der Waals surface area contributed by atoms with Gasteiger partial charge in [0.2, 0.25) is 0 Å². The van der Waals surface area contributed by atoms with Crippen LogP contribution < -0.4 is 10.4 Å². The van der Waals surface area contributed by atoms with Crippen LogP contribution in [0.4, 0.5) is 0 Å². The zero-order chi connectivity index (χ0) is 34.9. The quantitative estimate of drug-likeness (QED) is 0.129. The van der Waals surface area contributed by atoms with E-state index < -0.39 is 48.3 Å². The molecule has 4 unspecified atom stereocenters. The predicted octanol–water partition coefficient (Wildman–Crippen LogP) is 6.11. The molecule has 0 amide bonds. The van der Waals surface area contributed by atoms with Crippen molar-refractivity contribution in [3.63, 3.8) is 0 Å². The molecule has 2 heterocycles. The molecule has 6 rings (SSSR count). The third-order valence-electron chi connectivity index (χ3n) is 9.25. The Morgan fingerprint density at radius 2 is 1.29 bits per heavy atom. The summed E-state index contributed by atoms with van der Waals surface area (Å²) in [5.74, 6) is -0.941. The zero-order valence-electron chi connectivity index (χ0n) is 29.0. The average Bonchev–Trinajstić information content (AvgIpc) is 3.52. The SMILES string of the molecule is Cc1ccc(S(=O)(=O)OCC2(CO[Si](c3ccccc3)(c3ccccc3)C(C)(C)C)OC3OC(C)(C)OC3C2OCc2ccccc2)cc1. The van der Waals surface area contributed by atoms with Gasteiger partial charge in [0.15, 0.2) is 12.1 Å². The van der Waals surface area contributed by atoms with Gasteiger partial charge in [-0.15, -0.1) is 0 Å². The van der Waals surface area contributed by atoms with Crippen molar-refractivity contribution in [2.45, 2.75) is 88.0 Å². The minimum absolute atomic E-state index is 0.0507. The van der Waals surface area contributed by atoms with E-state index in [4.69, 9.17) is 27.6 Å². The van der Waals surface area contributed by atoms with E-state index in [0.29, 0.717) is 0 Å². The Morgan fingerprint density at radius 1 is 0.735 bits per heavy atom. The molecule has 2 fully saturated rings. The van der Waals surface area contributed by atoms with E-state index in [-0.39, 0.29) is 29.8 Å². The molecule has 0 N–H and O–H groups in total. The molecule has 0 radical (unpaired) electrons. The molecule has 2 aliphatic heterocycles. The number of fused-ring (bicyclic) bond motifs is 1. The van der Waals surface area contributed by atoms with Gasteiger partial charge >= 0.3 is 0 Å². The Kier molecular flexibility index (Phi) is 10.1. The molecule has 0 aliphatic carbocycles. The number of ether oxygens (including phenoxy) is 4. The Balaban J connectivity index is 1.44.